The van der Waals surface area contributed by atoms with Crippen molar-refractivity contribution in [1.29, 1.82) is 0 Å². The Labute approximate surface area is 78.9 Å². The van der Waals surface area contributed by atoms with E-state index in [0.29, 0.717) is 0 Å². The first-order valence-corrected chi connectivity index (χ1v) is 5.08. The summed E-state index contributed by atoms with van der Waals surface area (Å²) in [6, 6.07) is 0. The van der Waals surface area contributed by atoms with Gasteiger partial charge >= 0.3 is 0 Å². The van der Waals surface area contributed by atoms with Crippen LogP contribution in [0.3, 0.4) is 0 Å². The molecule has 1 aromatic heterocycles. The Morgan fingerprint density at radius 1 is 1.62 bits per heavy atom. The van der Waals surface area contributed by atoms with Crippen molar-refractivity contribution < 1.29 is 0 Å². The van der Waals surface area contributed by atoms with Crippen molar-refractivity contribution in [3.63, 3.8) is 0 Å². The van der Waals surface area contributed by atoms with Crippen molar-refractivity contribution in [1.82, 2.24) is 15.5 Å². The van der Waals surface area contributed by atoms with Crippen LogP contribution in [0.25, 0.3) is 0 Å². The van der Waals surface area contributed by atoms with Gasteiger partial charge in [0.05, 0.1) is 6.20 Å². The molecule has 0 saturated heterocycles. The van der Waals surface area contributed by atoms with Crippen LogP contribution in [0, 0.1) is 0 Å². The van der Waals surface area contributed by atoms with Crippen molar-refractivity contribution in [2.45, 2.75) is 31.6 Å². The zero-order valence-corrected chi connectivity index (χ0v) is 8.14. The Hall–Kier alpha value is -0.830. The van der Waals surface area contributed by atoms with Crippen molar-refractivity contribution in [3.05, 3.63) is 17.5 Å². The number of aromatic amines is 1. The molecule has 0 aliphatic heterocycles. The largest absolute Gasteiger partial charge is 0.319 e. The number of hydrogen-bond donors (Lipinski definition) is 2. The Kier molecular flexibility index (Phi) is 2.64. The fourth-order valence-electron chi connectivity index (χ4n) is 1.83. The average Bonchev–Trinajstić information content (AvgIpc) is 2.46. The Morgan fingerprint density at radius 3 is 3.08 bits per heavy atom. The molecule has 0 aromatic carbocycles. The molecule has 3 heteroatoms. The van der Waals surface area contributed by atoms with Gasteiger partial charge in [0.2, 0.25) is 0 Å². The van der Waals surface area contributed by atoms with Crippen LogP contribution in [-0.2, 0) is 6.42 Å². The lowest BCUT2D eigenvalue weighted by atomic mass is 9.81. The molecule has 3 nitrogen and oxygen atoms in total. The van der Waals surface area contributed by atoms with E-state index in [0.717, 1.165) is 18.9 Å². The third kappa shape index (κ3) is 1.75. The van der Waals surface area contributed by atoms with Gasteiger partial charge in [-0.05, 0) is 38.4 Å². The molecular formula is C10H17N3. The van der Waals surface area contributed by atoms with E-state index in [9.17, 15) is 0 Å². The van der Waals surface area contributed by atoms with E-state index >= 15 is 0 Å². The van der Waals surface area contributed by atoms with Gasteiger partial charge in [0, 0.05) is 11.6 Å². The predicted molar refractivity (Wildman–Crippen MR) is 52.8 cm³/mol. The van der Waals surface area contributed by atoms with E-state index in [1.807, 2.05) is 13.2 Å². The van der Waals surface area contributed by atoms with E-state index in [1.54, 1.807) is 0 Å². The van der Waals surface area contributed by atoms with Gasteiger partial charge in [-0.25, -0.2) is 0 Å². The first kappa shape index (κ1) is 8.75. The van der Waals surface area contributed by atoms with Crippen LogP contribution >= 0.6 is 0 Å². The minimum absolute atomic E-state index is 0.773. The summed E-state index contributed by atoms with van der Waals surface area (Å²) >= 11 is 0. The molecule has 1 heterocycles. The van der Waals surface area contributed by atoms with Crippen molar-refractivity contribution in [2.75, 3.05) is 13.6 Å². The summed E-state index contributed by atoms with van der Waals surface area (Å²) in [6.07, 6.45) is 7.14. The van der Waals surface area contributed by atoms with Crippen molar-refractivity contribution >= 4 is 0 Å². The molecule has 1 fully saturated rings. The van der Waals surface area contributed by atoms with E-state index in [4.69, 9.17) is 0 Å². The summed E-state index contributed by atoms with van der Waals surface area (Å²) < 4.78 is 0. The smallest absolute Gasteiger partial charge is 0.0522 e. The molecule has 13 heavy (non-hydrogen) atoms. The van der Waals surface area contributed by atoms with Gasteiger partial charge < -0.3 is 5.32 Å². The molecule has 0 amide bonds. The average molecular weight is 179 g/mol. The SMILES string of the molecule is CNCCc1cn[nH]c1C1CCC1. The molecule has 1 aromatic rings. The summed E-state index contributed by atoms with van der Waals surface area (Å²) in [5.74, 6) is 0.773. The van der Waals surface area contributed by atoms with Gasteiger partial charge in [-0.3, -0.25) is 5.10 Å². The maximum Gasteiger partial charge on any atom is 0.0522 e. The standard InChI is InChI=1S/C10H17N3/c1-11-6-5-9-7-12-13-10(9)8-3-2-4-8/h7-8,11H,2-6H2,1H3,(H,12,13). The van der Waals surface area contributed by atoms with Gasteiger partial charge in [-0.2, -0.15) is 5.10 Å². The Balaban J connectivity index is 2.02. The fraction of sp³-hybridized carbons (Fsp3) is 0.700. The number of rotatable bonds is 4. The van der Waals surface area contributed by atoms with E-state index in [2.05, 4.69) is 15.5 Å². The van der Waals surface area contributed by atoms with E-state index in [1.165, 1.54) is 30.5 Å². The second-order valence-corrected chi connectivity index (χ2v) is 3.79. The zero-order chi connectivity index (χ0) is 9.10. The van der Waals surface area contributed by atoms with E-state index in [-0.39, 0.29) is 0 Å². The van der Waals surface area contributed by atoms with Crippen molar-refractivity contribution in [3.8, 4) is 0 Å². The number of H-pyrrole nitrogens is 1. The minimum atomic E-state index is 0.773. The molecule has 0 atom stereocenters. The lowest BCUT2D eigenvalue weighted by Gasteiger charge is -2.25. The van der Waals surface area contributed by atoms with Crippen LogP contribution in [0.4, 0.5) is 0 Å². The van der Waals surface area contributed by atoms with Crippen molar-refractivity contribution in [2.24, 2.45) is 0 Å². The number of aromatic nitrogens is 2. The second-order valence-electron chi connectivity index (χ2n) is 3.79. The third-order valence-electron chi connectivity index (χ3n) is 2.91. The lowest BCUT2D eigenvalue weighted by Crippen LogP contribution is -2.14. The molecule has 0 unspecified atom stereocenters. The summed E-state index contributed by atoms with van der Waals surface area (Å²) in [5, 5.41) is 10.4. The Bertz CT molecular complexity index is 263. The topological polar surface area (TPSA) is 40.7 Å². The van der Waals surface area contributed by atoms with Gasteiger partial charge in [-0.1, -0.05) is 6.42 Å². The first-order chi connectivity index (χ1) is 6.42. The van der Waals surface area contributed by atoms with Crippen LogP contribution in [0.5, 0.6) is 0 Å². The molecule has 2 N–H and O–H groups in total. The Morgan fingerprint density at radius 2 is 2.46 bits per heavy atom. The van der Waals surface area contributed by atoms with Crippen LogP contribution in [0.15, 0.2) is 6.20 Å². The van der Waals surface area contributed by atoms with Crippen LogP contribution < -0.4 is 5.32 Å². The van der Waals surface area contributed by atoms with Crippen LogP contribution in [0.1, 0.15) is 36.4 Å². The summed E-state index contributed by atoms with van der Waals surface area (Å²) in [6.45, 7) is 1.04. The molecule has 72 valence electrons. The molecular weight excluding hydrogens is 162 g/mol. The minimum Gasteiger partial charge on any atom is -0.319 e. The first-order valence-electron chi connectivity index (χ1n) is 5.08. The predicted octanol–water partition coefficient (Wildman–Crippen LogP) is 1.44. The fourth-order valence-corrected chi connectivity index (χ4v) is 1.83. The number of hydrogen-bond acceptors (Lipinski definition) is 2. The highest BCUT2D eigenvalue weighted by Crippen LogP contribution is 2.36. The molecule has 1 saturated carbocycles. The second kappa shape index (κ2) is 3.92. The monoisotopic (exact) mass is 179 g/mol. The normalized spacial score (nSPS) is 17.3. The third-order valence-corrected chi connectivity index (χ3v) is 2.91. The van der Waals surface area contributed by atoms with Gasteiger partial charge in [-0.15, -0.1) is 0 Å². The highest BCUT2D eigenvalue weighted by molar-refractivity contribution is 5.22. The maximum absolute atomic E-state index is 4.13. The van der Waals surface area contributed by atoms with Crippen LogP contribution in [0.2, 0.25) is 0 Å². The quantitative estimate of drug-likeness (QED) is 0.734. The number of nitrogens with one attached hydrogen (secondary N) is 2. The van der Waals surface area contributed by atoms with Gasteiger partial charge in [0.15, 0.2) is 0 Å². The highest BCUT2D eigenvalue weighted by atomic mass is 15.1. The van der Waals surface area contributed by atoms with Gasteiger partial charge in [0.1, 0.15) is 0 Å². The molecule has 1 aliphatic rings. The molecule has 2 rings (SSSR count). The molecule has 1 aliphatic carbocycles. The summed E-state index contributed by atoms with van der Waals surface area (Å²) in [7, 11) is 1.99. The lowest BCUT2D eigenvalue weighted by molar-refractivity contribution is 0.408. The number of nitrogens with zero attached hydrogens (tertiary/aromatic N) is 1. The van der Waals surface area contributed by atoms with E-state index < -0.39 is 0 Å². The van der Waals surface area contributed by atoms with Crippen LogP contribution in [-0.4, -0.2) is 23.8 Å². The summed E-state index contributed by atoms with van der Waals surface area (Å²) in [5.41, 5.74) is 2.79. The highest BCUT2D eigenvalue weighted by Gasteiger charge is 2.23. The summed E-state index contributed by atoms with van der Waals surface area (Å²) in [4.78, 5) is 0. The number of likely N-dealkylation sites (N-methyl/N-ethyl adjacent to an activating group) is 1. The van der Waals surface area contributed by atoms with Gasteiger partial charge in [0.25, 0.3) is 0 Å². The maximum atomic E-state index is 4.13. The molecule has 0 bridgehead atoms. The molecule has 0 spiro atoms. The molecule has 0 radical (unpaired) electrons. The zero-order valence-electron chi connectivity index (χ0n) is 8.14.